The van der Waals surface area contributed by atoms with Crippen molar-refractivity contribution in [3.05, 3.63) is 45.8 Å². The number of ether oxygens (including phenoxy) is 3. The molecule has 1 N–H and O–H groups in total. The van der Waals surface area contributed by atoms with Gasteiger partial charge in [0.25, 0.3) is 0 Å². The zero-order valence-electron chi connectivity index (χ0n) is 16.4. The van der Waals surface area contributed by atoms with Crippen LogP contribution in [0.4, 0.5) is 0 Å². The first kappa shape index (κ1) is 20.3. The van der Waals surface area contributed by atoms with Crippen molar-refractivity contribution in [1.29, 1.82) is 0 Å². The predicted octanol–water partition coefficient (Wildman–Crippen LogP) is 3.74. The van der Waals surface area contributed by atoms with E-state index in [0.717, 1.165) is 5.70 Å². The number of allylic oxidation sites excluding steroid dienone is 3. The van der Waals surface area contributed by atoms with Crippen LogP contribution in [0.25, 0.3) is 0 Å². The van der Waals surface area contributed by atoms with Gasteiger partial charge in [0.2, 0.25) is 0 Å². The Labute approximate surface area is 169 Å². The monoisotopic (exact) mass is 405 g/mol. The number of rotatable bonds is 5. The number of ketones is 1. The first-order chi connectivity index (χ1) is 13.4. The number of methoxy groups -OCH3 is 2. The highest BCUT2D eigenvalue weighted by Gasteiger charge is 2.44. The average Bonchev–Trinajstić information content (AvgIpc) is 2.67. The molecule has 0 amide bonds. The lowest BCUT2D eigenvalue weighted by Gasteiger charge is -2.38. The molecular formula is C21H24ClNO5. The summed E-state index contributed by atoms with van der Waals surface area (Å²) in [7, 11) is 2.86. The number of hydrogen-bond acceptors (Lipinski definition) is 6. The van der Waals surface area contributed by atoms with E-state index in [1.165, 1.54) is 14.2 Å². The maximum atomic E-state index is 12.9. The smallest absolute Gasteiger partial charge is 0.336 e. The molecule has 1 aromatic carbocycles. The summed E-state index contributed by atoms with van der Waals surface area (Å²) in [6, 6.07) is 3.42. The molecule has 0 radical (unpaired) electrons. The largest absolute Gasteiger partial charge is 0.493 e. The van der Waals surface area contributed by atoms with Crippen LogP contribution in [0.3, 0.4) is 0 Å². The van der Waals surface area contributed by atoms with Crippen LogP contribution < -0.4 is 14.8 Å². The minimum atomic E-state index is -0.564. The van der Waals surface area contributed by atoms with Crippen LogP contribution in [-0.2, 0) is 14.3 Å². The Balaban J connectivity index is 2.25. The molecule has 28 heavy (non-hydrogen) atoms. The van der Waals surface area contributed by atoms with E-state index >= 15 is 0 Å². The van der Waals surface area contributed by atoms with Crippen molar-refractivity contribution in [3.63, 3.8) is 0 Å². The number of hydrogen-bond donors (Lipinski definition) is 1. The molecule has 6 nitrogen and oxygen atoms in total. The SMILES string of the molecule is CCOc1cc(C2C(C(=O)OC)=C(C)NC3=CCCC(=O)C32)c(Cl)cc1OC. The maximum Gasteiger partial charge on any atom is 0.336 e. The Bertz CT molecular complexity index is 874. The second-order valence-electron chi connectivity index (χ2n) is 6.73. The minimum Gasteiger partial charge on any atom is -0.493 e. The van der Waals surface area contributed by atoms with E-state index in [9.17, 15) is 9.59 Å². The molecule has 2 aliphatic rings. The van der Waals surface area contributed by atoms with E-state index in [-0.39, 0.29) is 5.78 Å². The summed E-state index contributed by atoms with van der Waals surface area (Å²) in [5.74, 6) is -0.502. The third kappa shape index (κ3) is 3.49. The molecule has 7 heteroatoms. The van der Waals surface area contributed by atoms with Gasteiger partial charge in [-0.15, -0.1) is 0 Å². The van der Waals surface area contributed by atoms with Gasteiger partial charge in [0, 0.05) is 34.8 Å². The maximum absolute atomic E-state index is 12.9. The van der Waals surface area contributed by atoms with Crippen LogP contribution in [0.15, 0.2) is 35.2 Å². The number of nitrogens with one attached hydrogen (secondary N) is 1. The Hall–Kier alpha value is -2.47. The summed E-state index contributed by atoms with van der Waals surface area (Å²) in [5, 5.41) is 3.62. The molecule has 2 atom stereocenters. The minimum absolute atomic E-state index is 0.0637. The van der Waals surface area contributed by atoms with Crippen LogP contribution in [0.2, 0.25) is 5.02 Å². The van der Waals surface area contributed by atoms with Crippen molar-refractivity contribution in [1.82, 2.24) is 5.32 Å². The number of Topliss-reactive ketones (excluding diaryl/α,β-unsaturated/α-hetero) is 1. The normalized spacial score (nSPS) is 21.5. The van der Waals surface area contributed by atoms with E-state index in [2.05, 4.69) is 5.32 Å². The van der Waals surface area contributed by atoms with Gasteiger partial charge in [-0.2, -0.15) is 0 Å². The van der Waals surface area contributed by atoms with Crippen LogP contribution in [-0.4, -0.2) is 32.6 Å². The van der Waals surface area contributed by atoms with E-state index in [4.69, 9.17) is 25.8 Å². The summed E-state index contributed by atoms with van der Waals surface area (Å²) in [4.78, 5) is 25.5. The molecule has 2 unspecified atom stereocenters. The van der Waals surface area contributed by atoms with Crippen LogP contribution in [0.5, 0.6) is 11.5 Å². The molecule has 0 spiro atoms. The molecule has 1 aliphatic carbocycles. The molecule has 0 saturated carbocycles. The van der Waals surface area contributed by atoms with Crippen LogP contribution in [0, 0.1) is 5.92 Å². The van der Waals surface area contributed by atoms with Crippen LogP contribution >= 0.6 is 11.6 Å². The lowest BCUT2D eigenvalue weighted by Crippen LogP contribution is -2.40. The van der Waals surface area contributed by atoms with Gasteiger partial charge in [-0.3, -0.25) is 4.79 Å². The quantitative estimate of drug-likeness (QED) is 0.752. The molecule has 0 aromatic heterocycles. The molecule has 0 saturated heterocycles. The first-order valence-corrected chi connectivity index (χ1v) is 9.59. The number of benzene rings is 1. The molecule has 0 bridgehead atoms. The number of esters is 1. The van der Waals surface area contributed by atoms with E-state index in [1.807, 2.05) is 13.0 Å². The van der Waals surface area contributed by atoms with Gasteiger partial charge in [0.15, 0.2) is 11.5 Å². The van der Waals surface area contributed by atoms with Gasteiger partial charge >= 0.3 is 5.97 Å². The zero-order valence-corrected chi connectivity index (χ0v) is 17.2. The Kier molecular flexibility index (Phi) is 5.98. The molecule has 0 fully saturated rings. The van der Waals surface area contributed by atoms with Gasteiger partial charge in [-0.05, 0) is 31.9 Å². The highest BCUT2D eigenvalue weighted by atomic mass is 35.5. The van der Waals surface area contributed by atoms with E-state index < -0.39 is 17.8 Å². The lowest BCUT2D eigenvalue weighted by atomic mass is 9.71. The second-order valence-corrected chi connectivity index (χ2v) is 7.14. The molecule has 150 valence electrons. The summed E-state index contributed by atoms with van der Waals surface area (Å²) >= 11 is 6.59. The zero-order chi connectivity index (χ0) is 20.4. The van der Waals surface area contributed by atoms with Crippen molar-refractivity contribution < 1.29 is 23.8 Å². The van der Waals surface area contributed by atoms with Gasteiger partial charge in [-0.1, -0.05) is 17.7 Å². The topological polar surface area (TPSA) is 73.9 Å². The fourth-order valence-corrected chi connectivity index (χ4v) is 4.22. The Morgan fingerprint density at radius 2 is 2.00 bits per heavy atom. The molecular weight excluding hydrogens is 382 g/mol. The van der Waals surface area contributed by atoms with E-state index in [1.54, 1.807) is 19.1 Å². The van der Waals surface area contributed by atoms with Crippen molar-refractivity contribution in [3.8, 4) is 11.5 Å². The molecule has 1 aliphatic heterocycles. The summed E-state index contributed by atoms with van der Waals surface area (Å²) in [6.07, 6.45) is 3.11. The molecule has 3 rings (SSSR count). The summed E-state index contributed by atoms with van der Waals surface area (Å²) < 4.78 is 16.1. The lowest BCUT2D eigenvalue weighted by molar-refractivity contribution is -0.136. The van der Waals surface area contributed by atoms with Crippen molar-refractivity contribution in [2.75, 3.05) is 20.8 Å². The van der Waals surface area contributed by atoms with Gasteiger partial charge < -0.3 is 19.5 Å². The number of carbonyl (C=O) groups excluding carboxylic acids is 2. The number of fused-ring (bicyclic) bond motifs is 1. The third-order valence-electron chi connectivity index (χ3n) is 5.14. The van der Waals surface area contributed by atoms with Gasteiger partial charge in [-0.25, -0.2) is 4.79 Å². The Morgan fingerprint density at radius 1 is 1.25 bits per heavy atom. The third-order valence-corrected chi connectivity index (χ3v) is 5.47. The van der Waals surface area contributed by atoms with Crippen molar-refractivity contribution in [2.24, 2.45) is 5.92 Å². The molecule has 1 aromatic rings. The second kappa shape index (κ2) is 8.27. The van der Waals surface area contributed by atoms with Gasteiger partial charge in [0.05, 0.1) is 32.3 Å². The van der Waals surface area contributed by atoms with Crippen molar-refractivity contribution >= 4 is 23.4 Å². The van der Waals surface area contributed by atoms with Crippen LogP contribution in [0.1, 0.15) is 38.2 Å². The van der Waals surface area contributed by atoms with Gasteiger partial charge in [0.1, 0.15) is 5.78 Å². The summed E-state index contributed by atoms with van der Waals surface area (Å²) in [5.41, 5.74) is 2.49. The predicted molar refractivity (Wildman–Crippen MR) is 106 cm³/mol. The first-order valence-electron chi connectivity index (χ1n) is 9.22. The Morgan fingerprint density at radius 3 is 2.64 bits per heavy atom. The standard InChI is InChI=1S/C21H24ClNO5/c1-5-28-17-9-12(13(22)10-16(17)26-3)19-18(21(25)27-4)11(2)23-14-7-6-8-15(24)20(14)19/h7,9-10,19-20,23H,5-6,8H2,1-4H3. The van der Waals surface area contributed by atoms with Crippen molar-refractivity contribution in [2.45, 2.75) is 32.6 Å². The highest BCUT2D eigenvalue weighted by Crippen LogP contribution is 2.48. The van der Waals surface area contributed by atoms with E-state index in [0.29, 0.717) is 52.8 Å². The average molecular weight is 406 g/mol. The number of carbonyl (C=O) groups is 2. The number of halogens is 1. The summed E-state index contributed by atoms with van der Waals surface area (Å²) in [6.45, 7) is 4.11. The highest BCUT2D eigenvalue weighted by molar-refractivity contribution is 6.31. The fraction of sp³-hybridized carbons (Fsp3) is 0.429. The fourth-order valence-electron chi connectivity index (χ4n) is 3.95. The molecule has 1 heterocycles.